The summed E-state index contributed by atoms with van der Waals surface area (Å²) < 4.78 is 0. The zero-order chi connectivity index (χ0) is 18.3. The molecule has 4 N–H and O–H groups in total. The Balaban J connectivity index is 1.97. The molecule has 0 spiro atoms. The Morgan fingerprint density at radius 2 is 2.00 bits per heavy atom. The number of hydrogen-bond acceptors (Lipinski definition) is 4. The van der Waals surface area contributed by atoms with Crippen molar-refractivity contribution >= 4 is 17.5 Å². The zero-order valence-corrected chi connectivity index (χ0v) is 14.8. The number of rotatable bonds is 9. The number of nitrogens with one attached hydrogen (secondary N) is 2. The summed E-state index contributed by atoms with van der Waals surface area (Å²) in [6, 6.07) is 10.1. The van der Waals surface area contributed by atoms with Crippen LogP contribution in [0.3, 0.4) is 0 Å². The van der Waals surface area contributed by atoms with Gasteiger partial charge in [0.25, 0.3) is 0 Å². The number of aromatic amines is 1. The molecule has 0 bridgehead atoms. The van der Waals surface area contributed by atoms with E-state index >= 15 is 0 Å². The normalized spacial score (nSPS) is 12.6. The number of hydrogen-bond donors (Lipinski definition) is 3. The number of ketones is 1. The first kappa shape index (κ1) is 18.9. The Morgan fingerprint density at radius 1 is 1.28 bits per heavy atom. The lowest BCUT2D eigenvalue weighted by Gasteiger charge is -2.21. The van der Waals surface area contributed by atoms with Gasteiger partial charge in [-0.25, -0.2) is 4.98 Å². The lowest BCUT2D eigenvalue weighted by atomic mass is 9.88. The minimum absolute atomic E-state index is 0.114. The molecular formula is C19H26N4O2. The van der Waals surface area contributed by atoms with Crippen LogP contribution in [0, 0.1) is 5.92 Å². The molecule has 134 valence electrons. The molecule has 0 radical (unpaired) electrons. The highest BCUT2D eigenvalue weighted by Crippen LogP contribution is 2.19. The van der Waals surface area contributed by atoms with Crippen LogP contribution in [0.5, 0.6) is 0 Å². The average molecular weight is 342 g/mol. The molecule has 1 unspecified atom stereocenters. The second kappa shape index (κ2) is 8.58. The van der Waals surface area contributed by atoms with Crippen LogP contribution in [0.1, 0.15) is 38.7 Å². The monoisotopic (exact) mass is 342 g/mol. The van der Waals surface area contributed by atoms with Crippen LogP contribution in [-0.2, 0) is 16.0 Å². The fourth-order valence-corrected chi connectivity index (χ4v) is 2.57. The molecule has 2 aromatic rings. The highest BCUT2D eigenvalue weighted by Gasteiger charge is 2.28. The van der Waals surface area contributed by atoms with Crippen molar-refractivity contribution in [2.24, 2.45) is 11.7 Å². The van der Waals surface area contributed by atoms with Gasteiger partial charge in [0.2, 0.25) is 5.91 Å². The molecule has 0 saturated carbocycles. The second-order valence-electron chi connectivity index (χ2n) is 6.88. The van der Waals surface area contributed by atoms with Crippen molar-refractivity contribution in [2.75, 3.05) is 5.32 Å². The van der Waals surface area contributed by atoms with Gasteiger partial charge in [0.05, 0.1) is 18.1 Å². The van der Waals surface area contributed by atoms with E-state index in [1.54, 1.807) is 13.8 Å². The largest absolute Gasteiger partial charge is 0.331 e. The van der Waals surface area contributed by atoms with Crippen LogP contribution in [0.4, 0.5) is 5.82 Å². The summed E-state index contributed by atoms with van der Waals surface area (Å²) in [6.07, 6.45) is 5.48. The van der Waals surface area contributed by atoms with Gasteiger partial charge in [-0.1, -0.05) is 30.3 Å². The molecule has 0 saturated heterocycles. The standard InChI is InChI=1S/C19H26N4O2/c1-19(2,20)16(24)11-15(18(25)23-17-12-21-13-22-17)10-6-9-14-7-4-3-5-8-14/h3-5,7-8,12-13,15H,6,9-11,20H2,1-2H3,(H,21,22)(H,23,25). The molecule has 0 aliphatic heterocycles. The number of aryl methyl sites for hydroxylation is 1. The van der Waals surface area contributed by atoms with Crippen LogP contribution < -0.4 is 11.1 Å². The van der Waals surface area contributed by atoms with Crippen LogP contribution in [-0.4, -0.2) is 27.2 Å². The number of anilines is 1. The highest BCUT2D eigenvalue weighted by atomic mass is 16.2. The van der Waals surface area contributed by atoms with E-state index in [0.29, 0.717) is 12.2 Å². The molecule has 6 heteroatoms. The predicted octanol–water partition coefficient (Wildman–Crippen LogP) is 2.68. The first-order valence-corrected chi connectivity index (χ1v) is 8.51. The van der Waals surface area contributed by atoms with Crippen LogP contribution in [0.2, 0.25) is 0 Å². The van der Waals surface area contributed by atoms with Gasteiger partial charge >= 0.3 is 0 Å². The molecule has 1 aromatic heterocycles. The van der Waals surface area contributed by atoms with E-state index in [0.717, 1.165) is 12.8 Å². The van der Waals surface area contributed by atoms with Crippen molar-refractivity contribution in [3.63, 3.8) is 0 Å². The maximum atomic E-state index is 12.6. The molecule has 1 heterocycles. The van der Waals surface area contributed by atoms with Gasteiger partial charge in [-0.3, -0.25) is 9.59 Å². The van der Waals surface area contributed by atoms with Gasteiger partial charge in [0, 0.05) is 12.3 Å². The molecule has 0 aliphatic carbocycles. The summed E-state index contributed by atoms with van der Waals surface area (Å²) in [5.41, 5.74) is 6.17. The Morgan fingerprint density at radius 3 is 2.60 bits per heavy atom. The summed E-state index contributed by atoms with van der Waals surface area (Å²) in [5, 5.41) is 2.78. The number of carbonyl (C=O) groups excluding carboxylic acids is 2. The van der Waals surface area contributed by atoms with E-state index in [-0.39, 0.29) is 18.1 Å². The van der Waals surface area contributed by atoms with Gasteiger partial charge in [-0.2, -0.15) is 0 Å². The predicted molar refractivity (Wildman–Crippen MR) is 98.0 cm³/mol. The van der Waals surface area contributed by atoms with Crippen molar-refractivity contribution in [3.8, 4) is 0 Å². The van der Waals surface area contributed by atoms with E-state index < -0.39 is 11.5 Å². The highest BCUT2D eigenvalue weighted by molar-refractivity contribution is 5.96. The van der Waals surface area contributed by atoms with Gasteiger partial charge < -0.3 is 16.0 Å². The molecule has 1 amide bonds. The number of carbonyl (C=O) groups is 2. The quantitative estimate of drug-likeness (QED) is 0.652. The Labute approximate surface area is 148 Å². The molecule has 2 rings (SSSR count). The topological polar surface area (TPSA) is 101 Å². The molecular weight excluding hydrogens is 316 g/mol. The van der Waals surface area contributed by atoms with Crippen LogP contribution >= 0.6 is 0 Å². The lowest BCUT2D eigenvalue weighted by molar-refractivity contribution is -0.128. The fraction of sp³-hybridized carbons (Fsp3) is 0.421. The van der Waals surface area contributed by atoms with Crippen LogP contribution in [0.15, 0.2) is 42.9 Å². The third-order valence-electron chi connectivity index (χ3n) is 4.14. The molecule has 1 aromatic carbocycles. The van der Waals surface area contributed by atoms with Gasteiger partial charge in [0.1, 0.15) is 5.82 Å². The molecule has 6 nitrogen and oxygen atoms in total. The number of H-pyrrole nitrogens is 1. The molecule has 0 aliphatic rings. The first-order valence-electron chi connectivity index (χ1n) is 8.51. The van der Waals surface area contributed by atoms with Gasteiger partial charge in [-0.05, 0) is 38.7 Å². The molecule has 1 atom stereocenters. The number of amides is 1. The van der Waals surface area contributed by atoms with E-state index in [9.17, 15) is 9.59 Å². The first-order chi connectivity index (χ1) is 11.9. The van der Waals surface area contributed by atoms with Crippen LogP contribution in [0.25, 0.3) is 0 Å². The van der Waals surface area contributed by atoms with Crippen molar-refractivity contribution in [2.45, 2.75) is 45.1 Å². The number of imidazole rings is 1. The third-order valence-corrected chi connectivity index (χ3v) is 4.14. The smallest absolute Gasteiger partial charge is 0.229 e. The van der Waals surface area contributed by atoms with E-state index in [1.807, 2.05) is 18.2 Å². The number of aromatic nitrogens is 2. The summed E-state index contributed by atoms with van der Waals surface area (Å²) in [7, 11) is 0. The van der Waals surface area contributed by atoms with E-state index in [1.165, 1.54) is 18.1 Å². The summed E-state index contributed by atoms with van der Waals surface area (Å²) in [5.74, 6) is -0.188. The number of nitrogens with zero attached hydrogens (tertiary/aromatic N) is 1. The minimum atomic E-state index is -0.939. The zero-order valence-electron chi connectivity index (χ0n) is 14.8. The van der Waals surface area contributed by atoms with E-state index in [4.69, 9.17) is 5.73 Å². The Kier molecular flexibility index (Phi) is 6.47. The number of Topliss-reactive ketones (excluding diaryl/α,β-unsaturated/α-hetero) is 1. The maximum absolute atomic E-state index is 12.6. The summed E-state index contributed by atoms with van der Waals surface area (Å²) in [4.78, 5) is 31.6. The van der Waals surface area contributed by atoms with Crippen molar-refractivity contribution in [1.29, 1.82) is 0 Å². The summed E-state index contributed by atoms with van der Waals surface area (Å²) >= 11 is 0. The maximum Gasteiger partial charge on any atom is 0.229 e. The fourth-order valence-electron chi connectivity index (χ4n) is 2.57. The van der Waals surface area contributed by atoms with Crippen molar-refractivity contribution < 1.29 is 9.59 Å². The minimum Gasteiger partial charge on any atom is -0.331 e. The Bertz CT molecular complexity index is 675. The SMILES string of the molecule is CC(C)(N)C(=O)CC(CCCc1ccccc1)C(=O)Nc1cnc[nH]1. The Hall–Kier alpha value is -2.47. The van der Waals surface area contributed by atoms with Gasteiger partial charge in [-0.15, -0.1) is 0 Å². The summed E-state index contributed by atoms with van der Waals surface area (Å²) in [6.45, 7) is 3.34. The van der Waals surface area contributed by atoms with Gasteiger partial charge in [0.15, 0.2) is 5.78 Å². The number of nitrogens with two attached hydrogens (primary N) is 1. The van der Waals surface area contributed by atoms with E-state index in [2.05, 4.69) is 27.4 Å². The second-order valence-corrected chi connectivity index (χ2v) is 6.88. The lowest BCUT2D eigenvalue weighted by Crippen LogP contribution is -2.43. The third kappa shape index (κ3) is 6.15. The van der Waals surface area contributed by atoms with Crippen molar-refractivity contribution in [1.82, 2.24) is 9.97 Å². The molecule has 0 fully saturated rings. The number of benzene rings is 1. The van der Waals surface area contributed by atoms with Crippen molar-refractivity contribution in [3.05, 3.63) is 48.4 Å². The molecule has 25 heavy (non-hydrogen) atoms. The average Bonchev–Trinajstić information content (AvgIpc) is 3.06.